The maximum atomic E-state index is 14.8. The topological polar surface area (TPSA) is 99.5 Å². The molecule has 3 rings (SSSR count). The van der Waals surface area contributed by atoms with Crippen molar-refractivity contribution in [1.29, 1.82) is 0 Å². The Hall–Kier alpha value is -3.60. The van der Waals surface area contributed by atoms with Crippen LogP contribution in [0.2, 0.25) is 5.15 Å². The minimum Gasteiger partial charge on any atom is -0.462 e. The Labute approximate surface area is 183 Å². The van der Waals surface area contributed by atoms with Crippen LogP contribution in [0.3, 0.4) is 0 Å². The summed E-state index contributed by atoms with van der Waals surface area (Å²) in [5.41, 5.74) is -2.68. The predicted octanol–water partition coefficient (Wildman–Crippen LogP) is 4.20. The molecule has 0 spiro atoms. The van der Waals surface area contributed by atoms with E-state index in [1.165, 1.54) is 13.8 Å². The van der Waals surface area contributed by atoms with Crippen LogP contribution in [0.1, 0.15) is 24.2 Å². The molecule has 12 heteroatoms. The van der Waals surface area contributed by atoms with E-state index in [-0.39, 0.29) is 18.9 Å². The molecule has 3 aromatic rings. The molecule has 0 fully saturated rings. The van der Waals surface area contributed by atoms with Gasteiger partial charge in [-0.25, -0.2) is 27.7 Å². The first-order valence-electron chi connectivity index (χ1n) is 9.19. The minimum absolute atomic E-state index is 0.00272. The maximum absolute atomic E-state index is 14.8. The largest absolute Gasteiger partial charge is 0.462 e. The quantitative estimate of drug-likeness (QED) is 0.444. The number of carbonyl (C=O) groups excluding carboxylic acids is 2. The summed E-state index contributed by atoms with van der Waals surface area (Å²) in [7, 11) is 0. The van der Waals surface area contributed by atoms with Gasteiger partial charge in [-0.05, 0) is 26.0 Å². The van der Waals surface area contributed by atoms with Gasteiger partial charge < -0.3 is 9.47 Å². The van der Waals surface area contributed by atoms with E-state index in [0.29, 0.717) is 6.07 Å². The predicted molar refractivity (Wildman–Crippen MR) is 109 cm³/mol. The Bertz CT molecular complexity index is 1300. The van der Waals surface area contributed by atoms with E-state index in [9.17, 15) is 27.6 Å². The zero-order chi connectivity index (χ0) is 23.6. The number of aromatic nitrogens is 2. The highest BCUT2D eigenvalue weighted by molar-refractivity contribution is 6.29. The molecule has 0 aliphatic heterocycles. The van der Waals surface area contributed by atoms with Crippen molar-refractivity contribution in [2.75, 3.05) is 18.5 Å². The summed E-state index contributed by atoms with van der Waals surface area (Å²) in [5.74, 6) is -4.35. The highest BCUT2D eigenvalue weighted by Gasteiger charge is 2.22. The van der Waals surface area contributed by atoms with E-state index < -0.39 is 62.4 Å². The number of fused-ring (bicyclic) bond motifs is 1. The molecule has 8 nitrogen and oxygen atoms in total. The molecule has 1 aromatic carbocycles. The summed E-state index contributed by atoms with van der Waals surface area (Å²) in [6.45, 7) is 2.97. The number of halogens is 4. The summed E-state index contributed by atoms with van der Waals surface area (Å²) < 4.78 is 53.4. The van der Waals surface area contributed by atoms with Crippen molar-refractivity contribution < 1.29 is 32.2 Å². The average Bonchev–Trinajstić information content (AvgIpc) is 2.72. The lowest BCUT2D eigenvalue weighted by atomic mass is 10.1. The number of hydrogen-bond donors (Lipinski definition) is 1. The number of pyridine rings is 2. The number of anilines is 1. The number of hydrogen-bond acceptors (Lipinski definition) is 6. The second kappa shape index (κ2) is 9.27. The minimum atomic E-state index is -1.14. The SMILES string of the molecule is CCOC(=O)Nc1cc(-n2cc(C(=O)OCC)c(=O)c3cc(F)c(Cl)nc32)c(F)cc1F. The van der Waals surface area contributed by atoms with Crippen LogP contribution >= 0.6 is 11.6 Å². The molecule has 2 aromatic heterocycles. The summed E-state index contributed by atoms with van der Waals surface area (Å²) >= 11 is 5.73. The van der Waals surface area contributed by atoms with Crippen LogP contribution < -0.4 is 10.7 Å². The number of nitrogens with one attached hydrogen (secondary N) is 1. The van der Waals surface area contributed by atoms with E-state index in [2.05, 4.69) is 15.0 Å². The molecule has 0 radical (unpaired) electrons. The molecular formula is C20H15ClF3N3O5. The van der Waals surface area contributed by atoms with Gasteiger partial charge in [0, 0.05) is 12.3 Å². The Morgan fingerprint density at radius 1 is 1.06 bits per heavy atom. The normalized spacial score (nSPS) is 10.8. The zero-order valence-corrected chi connectivity index (χ0v) is 17.4. The van der Waals surface area contributed by atoms with Crippen molar-refractivity contribution in [3.63, 3.8) is 0 Å². The van der Waals surface area contributed by atoms with Crippen molar-refractivity contribution >= 4 is 40.4 Å². The summed E-state index contributed by atoms with van der Waals surface area (Å²) in [5, 5.41) is 1.09. The Morgan fingerprint density at radius 3 is 2.41 bits per heavy atom. The van der Waals surface area contributed by atoms with Crippen molar-refractivity contribution in [3.05, 3.63) is 62.8 Å². The fourth-order valence-corrected chi connectivity index (χ4v) is 2.97. The fraction of sp³-hybridized carbons (Fsp3) is 0.200. The second-order valence-electron chi connectivity index (χ2n) is 6.22. The third-order valence-corrected chi connectivity index (χ3v) is 4.46. The summed E-state index contributed by atoms with van der Waals surface area (Å²) in [6, 6.07) is 2.10. The van der Waals surface area contributed by atoms with Gasteiger partial charge in [-0.3, -0.25) is 14.7 Å². The van der Waals surface area contributed by atoms with Crippen molar-refractivity contribution in [1.82, 2.24) is 9.55 Å². The highest BCUT2D eigenvalue weighted by Crippen LogP contribution is 2.27. The zero-order valence-electron chi connectivity index (χ0n) is 16.7. The van der Waals surface area contributed by atoms with Gasteiger partial charge in [-0.15, -0.1) is 0 Å². The standard InChI is InChI=1S/C20H15ClF3N3O5/c1-3-31-19(29)10-8-27(18-9(16(10)28)5-13(24)17(21)26-18)15-7-14(11(22)6-12(15)23)25-20(30)32-4-2/h5-8H,3-4H2,1-2H3,(H,25,30). The van der Waals surface area contributed by atoms with Crippen LogP contribution in [0.4, 0.5) is 23.7 Å². The Morgan fingerprint density at radius 2 is 1.75 bits per heavy atom. The summed E-state index contributed by atoms with van der Waals surface area (Å²) in [6.07, 6.45) is -0.0851. The van der Waals surface area contributed by atoms with Gasteiger partial charge in [0.2, 0.25) is 5.43 Å². The number of ether oxygens (including phenoxy) is 2. The fourth-order valence-electron chi connectivity index (χ4n) is 2.84. The molecule has 0 bridgehead atoms. The molecule has 32 heavy (non-hydrogen) atoms. The highest BCUT2D eigenvalue weighted by atomic mass is 35.5. The number of rotatable bonds is 5. The number of esters is 1. The summed E-state index contributed by atoms with van der Waals surface area (Å²) in [4.78, 5) is 40.4. The van der Waals surface area contributed by atoms with E-state index in [4.69, 9.17) is 16.3 Å². The number of amides is 1. The van der Waals surface area contributed by atoms with Crippen LogP contribution in [-0.2, 0) is 9.47 Å². The van der Waals surface area contributed by atoms with E-state index in [1.54, 1.807) is 0 Å². The average molecular weight is 470 g/mol. The number of benzene rings is 1. The van der Waals surface area contributed by atoms with Crippen LogP contribution in [0.5, 0.6) is 0 Å². The second-order valence-corrected chi connectivity index (χ2v) is 6.58. The molecular weight excluding hydrogens is 455 g/mol. The van der Waals surface area contributed by atoms with Gasteiger partial charge >= 0.3 is 12.1 Å². The third kappa shape index (κ3) is 4.37. The van der Waals surface area contributed by atoms with Gasteiger partial charge in [0.1, 0.15) is 17.2 Å². The van der Waals surface area contributed by atoms with Gasteiger partial charge in [-0.1, -0.05) is 11.6 Å². The lowest BCUT2D eigenvalue weighted by Gasteiger charge is -2.15. The van der Waals surface area contributed by atoms with Gasteiger partial charge in [-0.2, -0.15) is 0 Å². The molecule has 2 heterocycles. The van der Waals surface area contributed by atoms with E-state index in [1.807, 2.05) is 0 Å². The van der Waals surface area contributed by atoms with E-state index in [0.717, 1.165) is 22.9 Å². The molecule has 1 N–H and O–H groups in total. The van der Waals surface area contributed by atoms with Crippen LogP contribution in [0, 0.1) is 17.5 Å². The van der Waals surface area contributed by atoms with Crippen molar-refractivity contribution in [2.45, 2.75) is 13.8 Å². The van der Waals surface area contributed by atoms with Gasteiger partial charge in [0.25, 0.3) is 0 Å². The maximum Gasteiger partial charge on any atom is 0.411 e. The molecule has 1 amide bonds. The molecule has 0 aliphatic rings. The lowest BCUT2D eigenvalue weighted by Crippen LogP contribution is -2.22. The van der Waals surface area contributed by atoms with Crippen LogP contribution in [0.15, 0.2) is 29.2 Å². The smallest absolute Gasteiger partial charge is 0.411 e. The molecule has 0 saturated heterocycles. The Kier molecular flexibility index (Phi) is 6.68. The molecule has 0 aliphatic carbocycles. The van der Waals surface area contributed by atoms with Crippen LogP contribution in [0.25, 0.3) is 16.7 Å². The van der Waals surface area contributed by atoms with Crippen molar-refractivity contribution in [3.8, 4) is 5.69 Å². The van der Waals surface area contributed by atoms with E-state index >= 15 is 0 Å². The number of carbonyl (C=O) groups is 2. The monoisotopic (exact) mass is 469 g/mol. The van der Waals surface area contributed by atoms with Gasteiger partial charge in [0.15, 0.2) is 16.6 Å². The molecule has 0 saturated carbocycles. The van der Waals surface area contributed by atoms with Crippen LogP contribution in [-0.4, -0.2) is 34.8 Å². The molecule has 168 valence electrons. The Balaban J connectivity index is 2.33. The third-order valence-electron chi connectivity index (χ3n) is 4.19. The van der Waals surface area contributed by atoms with Gasteiger partial charge in [0.05, 0.1) is 30.0 Å². The lowest BCUT2D eigenvalue weighted by molar-refractivity contribution is 0.0524. The first-order valence-corrected chi connectivity index (χ1v) is 9.57. The number of nitrogens with zero attached hydrogens (tertiary/aromatic N) is 2. The van der Waals surface area contributed by atoms with Crippen molar-refractivity contribution in [2.24, 2.45) is 0 Å². The first kappa shape index (κ1) is 23.1. The molecule has 0 atom stereocenters. The molecule has 0 unspecified atom stereocenters. The first-order chi connectivity index (χ1) is 15.2.